The van der Waals surface area contributed by atoms with Crippen molar-refractivity contribution in [2.24, 2.45) is 0 Å². The number of rotatable bonds is 6. The van der Waals surface area contributed by atoms with Gasteiger partial charge in [0.2, 0.25) is 5.89 Å². The molecule has 6 heteroatoms. The predicted molar refractivity (Wildman–Crippen MR) is 84.2 cm³/mol. The molecule has 5 nitrogen and oxygen atoms in total. The summed E-state index contributed by atoms with van der Waals surface area (Å²) in [5, 5.41) is 13.9. The lowest BCUT2D eigenvalue weighted by molar-refractivity contribution is 0.209. The first kappa shape index (κ1) is 14.7. The number of thiophene rings is 1. The molecule has 1 aliphatic heterocycles. The molecule has 0 aromatic carbocycles. The van der Waals surface area contributed by atoms with Gasteiger partial charge in [0.05, 0.1) is 11.4 Å². The van der Waals surface area contributed by atoms with E-state index in [2.05, 4.69) is 27.3 Å². The second-order valence-electron chi connectivity index (χ2n) is 5.45. The van der Waals surface area contributed by atoms with Crippen LogP contribution in [0.1, 0.15) is 32.1 Å². The summed E-state index contributed by atoms with van der Waals surface area (Å²) in [6, 6.07) is 4.60. The summed E-state index contributed by atoms with van der Waals surface area (Å²) >= 11 is 1.62. The lowest BCUT2D eigenvalue weighted by atomic mass is 10.0. The van der Waals surface area contributed by atoms with Crippen LogP contribution < -0.4 is 5.32 Å². The largest absolute Gasteiger partial charge is 0.419 e. The van der Waals surface area contributed by atoms with E-state index < -0.39 is 0 Å². The van der Waals surface area contributed by atoms with Gasteiger partial charge in [-0.15, -0.1) is 21.5 Å². The van der Waals surface area contributed by atoms with Crippen LogP contribution in [0.2, 0.25) is 0 Å². The van der Waals surface area contributed by atoms with Gasteiger partial charge in [0.25, 0.3) is 5.89 Å². The lowest BCUT2D eigenvalue weighted by Gasteiger charge is -2.29. The zero-order valence-electron chi connectivity index (χ0n) is 12.4. The Kier molecular flexibility index (Phi) is 5.00. The number of hydrogen-bond donors (Lipinski definition) is 1. The fourth-order valence-electron chi connectivity index (χ4n) is 2.71. The van der Waals surface area contributed by atoms with Crippen molar-refractivity contribution in [3.8, 4) is 10.8 Å². The van der Waals surface area contributed by atoms with Gasteiger partial charge in [0, 0.05) is 12.6 Å². The van der Waals surface area contributed by atoms with Gasteiger partial charge in [-0.3, -0.25) is 4.90 Å². The molecule has 0 bridgehead atoms. The third-order valence-corrected chi connectivity index (χ3v) is 4.75. The van der Waals surface area contributed by atoms with Crippen LogP contribution in [0.4, 0.5) is 0 Å². The van der Waals surface area contributed by atoms with Crippen LogP contribution in [-0.2, 0) is 6.54 Å². The molecule has 2 aromatic rings. The number of piperidine rings is 1. The normalized spacial score (nSPS) is 19.2. The van der Waals surface area contributed by atoms with E-state index in [4.69, 9.17) is 4.42 Å². The van der Waals surface area contributed by atoms with Crippen molar-refractivity contribution in [2.75, 3.05) is 19.6 Å². The number of nitrogens with one attached hydrogen (secondary N) is 1. The number of hydrogen-bond acceptors (Lipinski definition) is 6. The minimum Gasteiger partial charge on any atom is -0.419 e. The highest BCUT2D eigenvalue weighted by atomic mass is 32.1. The van der Waals surface area contributed by atoms with Crippen LogP contribution in [0, 0.1) is 0 Å². The van der Waals surface area contributed by atoms with Crippen LogP contribution in [-0.4, -0.2) is 40.8 Å². The summed E-state index contributed by atoms with van der Waals surface area (Å²) in [5.41, 5.74) is 0. The third-order valence-electron chi connectivity index (χ3n) is 3.90. The zero-order valence-corrected chi connectivity index (χ0v) is 13.2. The van der Waals surface area contributed by atoms with E-state index in [-0.39, 0.29) is 0 Å². The topological polar surface area (TPSA) is 54.2 Å². The highest BCUT2D eigenvalue weighted by Gasteiger charge is 2.18. The molecule has 1 atom stereocenters. The van der Waals surface area contributed by atoms with Gasteiger partial charge < -0.3 is 9.73 Å². The second-order valence-corrected chi connectivity index (χ2v) is 6.40. The second kappa shape index (κ2) is 7.15. The number of likely N-dealkylation sites (N-methyl/N-ethyl adjacent to an activating group) is 1. The van der Waals surface area contributed by atoms with Crippen molar-refractivity contribution >= 4 is 11.3 Å². The van der Waals surface area contributed by atoms with Gasteiger partial charge in [-0.2, -0.15) is 0 Å². The van der Waals surface area contributed by atoms with Crippen LogP contribution in [0.25, 0.3) is 10.8 Å². The quantitative estimate of drug-likeness (QED) is 0.889. The smallest absolute Gasteiger partial charge is 0.257 e. The van der Waals surface area contributed by atoms with Crippen LogP contribution >= 0.6 is 11.3 Å². The van der Waals surface area contributed by atoms with E-state index in [1.54, 1.807) is 11.3 Å². The minimum absolute atomic E-state index is 0.596. The molecule has 3 rings (SSSR count). The molecule has 2 aromatic heterocycles. The maximum atomic E-state index is 5.78. The molecule has 1 unspecified atom stereocenters. The Bertz CT molecular complexity index is 534. The molecule has 1 saturated heterocycles. The van der Waals surface area contributed by atoms with Crippen LogP contribution in [0.5, 0.6) is 0 Å². The molecule has 0 radical (unpaired) electrons. The van der Waals surface area contributed by atoms with Crippen molar-refractivity contribution in [3.05, 3.63) is 23.4 Å². The summed E-state index contributed by atoms with van der Waals surface area (Å²) < 4.78 is 5.78. The van der Waals surface area contributed by atoms with E-state index in [1.807, 2.05) is 17.5 Å². The first-order valence-corrected chi connectivity index (χ1v) is 8.55. The first-order chi connectivity index (χ1) is 10.3. The SMILES string of the molecule is CCN(Cc1nnc(-c2cccs2)o1)CC1CCCCN1. The maximum Gasteiger partial charge on any atom is 0.257 e. The van der Waals surface area contributed by atoms with Crippen molar-refractivity contribution in [3.63, 3.8) is 0 Å². The van der Waals surface area contributed by atoms with E-state index in [1.165, 1.54) is 19.3 Å². The molecular formula is C15H22N4OS. The molecule has 0 saturated carbocycles. The molecule has 0 amide bonds. The predicted octanol–water partition coefficient (Wildman–Crippen LogP) is 2.76. The average molecular weight is 306 g/mol. The molecule has 0 aliphatic carbocycles. The summed E-state index contributed by atoms with van der Waals surface area (Å²) in [5.74, 6) is 1.34. The van der Waals surface area contributed by atoms with E-state index in [0.29, 0.717) is 17.8 Å². The van der Waals surface area contributed by atoms with E-state index in [9.17, 15) is 0 Å². The summed E-state index contributed by atoms with van der Waals surface area (Å²) in [7, 11) is 0. The van der Waals surface area contributed by atoms with Gasteiger partial charge in [0.15, 0.2) is 0 Å². The fourth-order valence-corrected chi connectivity index (χ4v) is 3.35. The van der Waals surface area contributed by atoms with Crippen molar-refractivity contribution in [2.45, 2.75) is 38.8 Å². The van der Waals surface area contributed by atoms with E-state index in [0.717, 1.165) is 31.1 Å². The molecule has 1 N–H and O–H groups in total. The molecular weight excluding hydrogens is 284 g/mol. The third kappa shape index (κ3) is 3.90. The Balaban J connectivity index is 1.58. The summed E-state index contributed by atoms with van der Waals surface area (Å²) in [4.78, 5) is 3.40. The maximum absolute atomic E-state index is 5.78. The van der Waals surface area contributed by atoms with Crippen molar-refractivity contribution < 1.29 is 4.42 Å². The van der Waals surface area contributed by atoms with Gasteiger partial charge in [-0.1, -0.05) is 19.4 Å². The van der Waals surface area contributed by atoms with Crippen molar-refractivity contribution in [1.82, 2.24) is 20.4 Å². The molecule has 1 fully saturated rings. The highest BCUT2D eigenvalue weighted by molar-refractivity contribution is 7.13. The van der Waals surface area contributed by atoms with Gasteiger partial charge in [-0.05, 0) is 37.4 Å². The number of aromatic nitrogens is 2. The Labute approximate surface area is 129 Å². The Morgan fingerprint density at radius 2 is 2.38 bits per heavy atom. The Hall–Kier alpha value is -1.24. The van der Waals surface area contributed by atoms with Crippen molar-refractivity contribution in [1.29, 1.82) is 0 Å². The standard InChI is InChI=1S/C15H22N4OS/c1-2-19(10-12-6-3-4-8-16-12)11-14-17-18-15(20-14)13-7-5-9-21-13/h5,7,9,12,16H,2-4,6,8,10-11H2,1H3. The fraction of sp³-hybridized carbons (Fsp3) is 0.600. The molecule has 0 spiro atoms. The van der Waals surface area contributed by atoms with Gasteiger partial charge in [-0.25, -0.2) is 0 Å². The molecule has 3 heterocycles. The molecule has 1 aliphatic rings. The molecule has 114 valence electrons. The highest BCUT2D eigenvalue weighted by Crippen LogP contribution is 2.23. The van der Waals surface area contributed by atoms with Crippen LogP contribution in [0.3, 0.4) is 0 Å². The Morgan fingerprint density at radius 3 is 3.10 bits per heavy atom. The zero-order chi connectivity index (χ0) is 14.5. The van der Waals surface area contributed by atoms with Gasteiger partial charge >= 0.3 is 0 Å². The van der Waals surface area contributed by atoms with Gasteiger partial charge in [0.1, 0.15) is 0 Å². The summed E-state index contributed by atoms with van der Waals surface area (Å²) in [6.45, 7) is 6.10. The minimum atomic E-state index is 0.596. The lowest BCUT2D eigenvalue weighted by Crippen LogP contribution is -2.43. The number of nitrogens with zero attached hydrogens (tertiary/aromatic N) is 3. The first-order valence-electron chi connectivity index (χ1n) is 7.67. The monoisotopic (exact) mass is 306 g/mol. The van der Waals surface area contributed by atoms with E-state index >= 15 is 0 Å². The average Bonchev–Trinajstić information content (AvgIpc) is 3.18. The summed E-state index contributed by atoms with van der Waals surface area (Å²) in [6.07, 6.45) is 3.90. The van der Waals surface area contributed by atoms with Crippen LogP contribution in [0.15, 0.2) is 21.9 Å². The Morgan fingerprint density at radius 1 is 1.43 bits per heavy atom. The molecule has 21 heavy (non-hydrogen) atoms.